The van der Waals surface area contributed by atoms with Crippen molar-refractivity contribution in [2.24, 2.45) is 5.92 Å². The Kier molecular flexibility index (Phi) is 6.40. The minimum absolute atomic E-state index is 0.0840. The molecule has 0 saturated heterocycles. The second-order valence-corrected chi connectivity index (χ2v) is 6.00. The van der Waals surface area contributed by atoms with Gasteiger partial charge in [-0.1, -0.05) is 31.5 Å². The van der Waals surface area contributed by atoms with E-state index in [1.165, 1.54) is 0 Å². The largest absolute Gasteiger partial charge is 0.466 e. The van der Waals surface area contributed by atoms with Crippen LogP contribution in [0.5, 0.6) is 0 Å². The maximum Gasteiger partial charge on any atom is 0.319 e. The highest BCUT2D eigenvalue weighted by Crippen LogP contribution is 2.22. The lowest BCUT2D eigenvalue weighted by Crippen LogP contribution is -2.52. The van der Waals surface area contributed by atoms with Gasteiger partial charge in [-0.2, -0.15) is 0 Å². The monoisotopic (exact) mass is 306 g/mol. The average Bonchev–Trinajstić information content (AvgIpc) is 2.41. The van der Waals surface area contributed by atoms with Gasteiger partial charge in [0.25, 0.3) is 0 Å². The van der Waals surface area contributed by atoms with Crippen LogP contribution in [0.2, 0.25) is 0 Å². The quantitative estimate of drug-likeness (QED) is 0.791. The van der Waals surface area contributed by atoms with Gasteiger partial charge < -0.3 is 15.4 Å². The summed E-state index contributed by atoms with van der Waals surface area (Å²) in [5.74, 6) is -0.227. The second kappa shape index (κ2) is 7.82. The normalized spacial score (nSPS) is 13.4. The van der Waals surface area contributed by atoms with Gasteiger partial charge in [0.2, 0.25) is 0 Å². The number of rotatable bonds is 6. The predicted octanol–water partition coefficient (Wildman–Crippen LogP) is 3.48. The molecule has 1 atom stereocenters. The first-order valence-electron chi connectivity index (χ1n) is 7.58. The van der Waals surface area contributed by atoms with Crippen molar-refractivity contribution in [2.75, 3.05) is 11.9 Å². The number of carbonyl (C=O) groups excluding carboxylic acids is 2. The van der Waals surface area contributed by atoms with Crippen LogP contribution in [-0.2, 0) is 9.53 Å². The van der Waals surface area contributed by atoms with Crippen LogP contribution in [0.1, 0.15) is 39.7 Å². The summed E-state index contributed by atoms with van der Waals surface area (Å²) in [6.07, 6.45) is 0.139. The van der Waals surface area contributed by atoms with Crippen LogP contribution in [0.4, 0.5) is 10.5 Å². The van der Waals surface area contributed by atoms with Crippen LogP contribution < -0.4 is 10.6 Å². The van der Waals surface area contributed by atoms with E-state index >= 15 is 0 Å². The first-order valence-corrected chi connectivity index (χ1v) is 7.58. The van der Waals surface area contributed by atoms with Crippen LogP contribution in [0.3, 0.4) is 0 Å². The molecule has 0 aliphatic carbocycles. The SMILES string of the molecule is CCOC(=O)CC(C)(NC(=O)Nc1ccc(C)cc1)C(C)C. The van der Waals surface area contributed by atoms with Crippen molar-refractivity contribution in [3.05, 3.63) is 29.8 Å². The van der Waals surface area contributed by atoms with E-state index in [0.717, 1.165) is 5.56 Å². The molecule has 2 N–H and O–H groups in total. The summed E-state index contributed by atoms with van der Waals surface area (Å²) in [6.45, 7) is 9.86. The molecule has 0 bridgehead atoms. The van der Waals surface area contributed by atoms with E-state index in [1.807, 2.05) is 52.0 Å². The fourth-order valence-electron chi connectivity index (χ4n) is 1.96. The predicted molar refractivity (Wildman–Crippen MR) is 87.8 cm³/mol. The second-order valence-electron chi connectivity index (χ2n) is 6.00. The average molecular weight is 306 g/mol. The molecule has 1 unspecified atom stereocenters. The summed E-state index contributed by atoms with van der Waals surface area (Å²) >= 11 is 0. The molecule has 0 saturated carbocycles. The lowest BCUT2D eigenvalue weighted by Gasteiger charge is -2.34. The number of aryl methyl sites for hydroxylation is 1. The molecule has 0 aromatic heterocycles. The molecule has 1 aromatic carbocycles. The van der Waals surface area contributed by atoms with Crippen molar-refractivity contribution in [3.63, 3.8) is 0 Å². The molecule has 1 rings (SSSR count). The molecule has 122 valence electrons. The molecule has 0 radical (unpaired) electrons. The Morgan fingerprint density at radius 1 is 1.23 bits per heavy atom. The van der Waals surface area contributed by atoms with E-state index in [2.05, 4.69) is 10.6 Å². The number of hydrogen-bond acceptors (Lipinski definition) is 3. The van der Waals surface area contributed by atoms with E-state index in [9.17, 15) is 9.59 Å². The summed E-state index contributed by atoms with van der Waals surface area (Å²) < 4.78 is 4.99. The summed E-state index contributed by atoms with van der Waals surface area (Å²) in [6, 6.07) is 7.20. The van der Waals surface area contributed by atoms with Gasteiger partial charge >= 0.3 is 12.0 Å². The molecule has 2 amide bonds. The fourth-order valence-corrected chi connectivity index (χ4v) is 1.96. The molecule has 0 heterocycles. The van der Waals surface area contributed by atoms with Crippen molar-refractivity contribution in [1.29, 1.82) is 0 Å². The third kappa shape index (κ3) is 5.39. The number of hydrogen-bond donors (Lipinski definition) is 2. The number of anilines is 1. The van der Waals surface area contributed by atoms with Crippen LogP contribution in [-0.4, -0.2) is 24.1 Å². The molecule has 0 aliphatic rings. The van der Waals surface area contributed by atoms with Crippen molar-refractivity contribution in [2.45, 2.75) is 46.6 Å². The number of urea groups is 1. The Morgan fingerprint density at radius 2 is 1.82 bits per heavy atom. The van der Waals surface area contributed by atoms with Crippen LogP contribution in [0.15, 0.2) is 24.3 Å². The Bertz CT molecular complexity index is 511. The van der Waals surface area contributed by atoms with Gasteiger partial charge in [0.05, 0.1) is 18.6 Å². The summed E-state index contributed by atoms with van der Waals surface area (Å²) in [5, 5.41) is 5.68. The Hall–Kier alpha value is -2.04. The van der Waals surface area contributed by atoms with E-state index in [-0.39, 0.29) is 24.3 Å². The van der Waals surface area contributed by atoms with Crippen LogP contribution >= 0.6 is 0 Å². The highest BCUT2D eigenvalue weighted by Gasteiger charge is 2.33. The van der Waals surface area contributed by atoms with Crippen LogP contribution in [0, 0.1) is 12.8 Å². The number of benzene rings is 1. The van der Waals surface area contributed by atoms with Gasteiger partial charge in [0, 0.05) is 5.69 Å². The number of amides is 2. The zero-order valence-electron chi connectivity index (χ0n) is 14.0. The van der Waals surface area contributed by atoms with Crippen molar-refractivity contribution in [1.82, 2.24) is 5.32 Å². The number of nitrogens with one attached hydrogen (secondary N) is 2. The third-order valence-corrected chi connectivity index (χ3v) is 3.80. The molecule has 0 spiro atoms. The molecule has 5 nitrogen and oxygen atoms in total. The van der Waals surface area contributed by atoms with Gasteiger partial charge in [0.1, 0.15) is 0 Å². The summed E-state index contributed by atoms with van der Waals surface area (Å²) in [4.78, 5) is 23.9. The molecular formula is C17H26N2O3. The summed E-state index contributed by atoms with van der Waals surface area (Å²) in [7, 11) is 0. The standard InChI is InChI=1S/C17H26N2O3/c1-6-22-15(20)11-17(5,12(2)3)19-16(21)18-14-9-7-13(4)8-10-14/h7-10,12H,6,11H2,1-5H3,(H2,18,19,21). The van der Waals surface area contributed by atoms with Crippen molar-refractivity contribution in [3.8, 4) is 0 Å². The first-order chi connectivity index (χ1) is 10.3. The number of esters is 1. The third-order valence-electron chi connectivity index (χ3n) is 3.80. The highest BCUT2D eigenvalue weighted by atomic mass is 16.5. The molecule has 22 heavy (non-hydrogen) atoms. The molecular weight excluding hydrogens is 280 g/mol. The zero-order valence-corrected chi connectivity index (χ0v) is 14.0. The maximum absolute atomic E-state index is 12.2. The zero-order chi connectivity index (χ0) is 16.8. The van der Waals surface area contributed by atoms with Crippen LogP contribution in [0.25, 0.3) is 0 Å². The maximum atomic E-state index is 12.2. The molecule has 5 heteroatoms. The minimum Gasteiger partial charge on any atom is -0.466 e. The van der Waals surface area contributed by atoms with Gasteiger partial charge in [0.15, 0.2) is 0 Å². The smallest absolute Gasteiger partial charge is 0.319 e. The molecule has 0 aliphatic heterocycles. The minimum atomic E-state index is -0.666. The Morgan fingerprint density at radius 3 is 2.32 bits per heavy atom. The Balaban J connectivity index is 2.71. The number of carbonyl (C=O) groups is 2. The van der Waals surface area contributed by atoms with E-state index in [4.69, 9.17) is 4.74 Å². The highest BCUT2D eigenvalue weighted by molar-refractivity contribution is 5.90. The van der Waals surface area contributed by atoms with E-state index in [1.54, 1.807) is 6.92 Å². The number of ether oxygens (including phenoxy) is 1. The van der Waals surface area contributed by atoms with Crippen molar-refractivity contribution < 1.29 is 14.3 Å². The summed E-state index contributed by atoms with van der Waals surface area (Å²) in [5.41, 5.74) is 1.17. The lowest BCUT2D eigenvalue weighted by molar-refractivity contribution is -0.145. The van der Waals surface area contributed by atoms with Crippen molar-refractivity contribution >= 4 is 17.7 Å². The van der Waals surface area contributed by atoms with E-state index < -0.39 is 5.54 Å². The Labute approximate surface area is 132 Å². The lowest BCUT2D eigenvalue weighted by atomic mass is 9.85. The fraction of sp³-hybridized carbons (Fsp3) is 0.529. The topological polar surface area (TPSA) is 67.4 Å². The van der Waals surface area contributed by atoms with Gasteiger partial charge in [-0.05, 0) is 38.8 Å². The van der Waals surface area contributed by atoms with Gasteiger partial charge in [-0.15, -0.1) is 0 Å². The molecule has 0 fully saturated rings. The first kappa shape index (κ1) is 18.0. The van der Waals surface area contributed by atoms with Gasteiger partial charge in [-0.3, -0.25) is 4.79 Å². The molecule has 1 aromatic rings. The van der Waals surface area contributed by atoms with Gasteiger partial charge in [-0.25, -0.2) is 4.79 Å². The van der Waals surface area contributed by atoms with E-state index in [0.29, 0.717) is 12.3 Å².